The van der Waals surface area contributed by atoms with E-state index in [4.69, 9.17) is 23.2 Å². The largest absolute Gasteiger partial charge is 0.350 e. The van der Waals surface area contributed by atoms with Gasteiger partial charge >= 0.3 is 6.03 Å². The number of halogens is 2. The van der Waals surface area contributed by atoms with Crippen molar-refractivity contribution in [1.82, 2.24) is 0 Å². The maximum Gasteiger partial charge on any atom is 0.340 e. The van der Waals surface area contributed by atoms with Crippen LogP contribution < -0.4 is 5.73 Å². The highest BCUT2D eigenvalue weighted by molar-refractivity contribution is 6.95. The molecule has 0 radical (unpaired) electrons. The Kier molecular flexibility index (Phi) is 2.71. The van der Waals surface area contributed by atoms with Gasteiger partial charge in [-0.25, -0.2) is 4.79 Å². The molecule has 0 fully saturated rings. The standard InChI is InChI=1S/C2H2Cl2N2O/c3-1(4)6-2(5)7/h(H2,5,7). The van der Waals surface area contributed by atoms with Crippen molar-refractivity contribution < 1.29 is 4.79 Å². The molecule has 7 heavy (non-hydrogen) atoms. The molecule has 2 N–H and O–H groups in total. The van der Waals surface area contributed by atoms with Crippen molar-refractivity contribution in [2.24, 2.45) is 10.7 Å². The summed E-state index contributed by atoms with van der Waals surface area (Å²) in [5.74, 6) is 0. The molecule has 0 unspecified atom stereocenters. The summed E-state index contributed by atoms with van der Waals surface area (Å²) in [6.07, 6.45) is 0. The molecule has 0 aliphatic carbocycles. The number of nitrogens with two attached hydrogens (primary N) is 1. The lowest BCUT2D eigenvalue weighted by molar-refractivity contribution is 0.257. The summed E-state index contributed by atoms with van der Waals surface area (Å²) in [7, 11) is 0. The van der Waals surface area contributed by atoms with Gasteiger partial charge in [0.1, 0.15) is 0 Å². The van der Waals surface area contributed by atoms with Gasteiger partial charge in [-0.05, 0) is 23.2 Å². The Hall–Kier alpha value is -0.280. The Bertz CT molecular complexity index is 106. The van der Waals surface area contributed by atoms with Crippen molar-refractivity contribution in [3.05, 3.63) is 0 Å². The Labute approximate surface area is 50.1 Å². The van der Waals surface area contributed by atoms with Crippen molar-refractivity contribution in [2.45, 2.75) is 0 Å². The minimum atomic E-state index is -0.889. The first-order valence-corrected chi connectivity index (χ1v) is 2.07. The van der Waals surface area contributed by atoms with Crippen molar-refractivity contribution in [1.29, 1.82) is 0 Å². The highest BCUT2D eigenvalue weighted by Gasteiger charge is 1.86. The van der Waals surface area contributed by atoms with Gasteiger partial charge in [-0.1, -0.05) is 0 Å². The number of rotatable bonds is 0. The van der Waals surface area contributed by atoms with Gasteiger partial charge < -0.3 is 5.73 Å². The van der Waals surface area contributed by atoms with Gasteiger partial charge in [-0.3, -0.25) is 0 Å². The number of aliphatic imine (C=N–C) groups is 1. The quantitative estimate of drug-likeness (QED) is 0.500. The number of nitrogens with zero attached hydrogens (tertiary/aromatic N) is 1. The molecular weight excluding hydrogens is 139 g/mol. The van der Waals surface area contributed by atoms with E-state index in [1.165, 1.54) is 0 Å². The van der Waals surface area contributed by atoms with E-state index in [-0.39, 0.29) is 4.63 Å². The summed E-state index contributed by atoms with van der Waals surface area (Å²) in [6.45, 7) is 0. The van der Waals surface area contributed by atoms with Crippen LogP contribution in [0.3, 0.4) is 0 Å². The molecular formula is C2H2Cl2N2O. The predicted octanol–water partition coefficient (Wildman–Crippen LogP) is 0.899. The van der Waals surface area contributed by atoms with Crippen LogP contribution in [0.15, 0.2) is 4.99 Å². The molecule has 0 spiro atoms. The highest BCUT2D eigenvalue weighted by atomic mass is 35.5. The number of amides is 2. The zero-order valence-electron chi connectivity index (χ0n) is 3.19. The Morgan fingerprint density at radius 2 is 2.00 bits per heavy atom. The summed E-state index contributed by atoms with van der Waals surface area (Å²) >= 11 is 9.77. The average Bonchev–Trinajstić information content (AvgIpc) is 1.27. The van der Waals surface area contributed by atoms with Gasteiger partial charge in [0.2, 0.25) is 4.63 Å². The van der Waals surface area contributed by atoms with Crippen molar-refractivity contribution in [2.75, 3.05) is 0 Å². The van der Waals surface area contributed by atoms with Gasteiger partial charge in [0.15, 0.2) is 0 Å². The van der Waals surface area contributed by atoms with E-state index >= 15 is 0 Å². The Morgan fingerprint density at radius 3 is 2.00 bits per heavy atom. The van der Waals surface area contributed by atoms with Crippen molar-refractivity contribution >= 4 is 33.9 Å². The third kappa shape index (κ3) is 5.72. The molecule has 0 aromatic heterocycles. The molecule has 0 heterocycles. The second-order valence-corrected chi connectivity index (χ2v) is 1.60. The first-order chi connectivity index (χ1) is 3.13. The number of hydrogen-bond acceptors (Lipinski definition) is 1. The lowest BCUT2D eigenvalue weighted by Gasteiger charge is -1.75. The fraction of sp³-hybridized carbons (Fsp3) is 0. The summed E-state index contributed by atoms with van der Waals surface area (Å²) in [5, 5.41) is 0. The third-order valence-corrected chi connectivity index (χ3v) is 0.364. The summed E-state index contributed by atoms with van der Waals surface area (Å²) in [5.41, 5.74) is 4.50. The first-order valence-electron chi connectivity index (χ1n) is 1.32. The van der Waals surface area contributed by atoms with E-state index in [1.807, 2.05) is 0 Å². The number of primary amides is 1. The van der Waals surface area contributed by atoms with Crippen LogP contribution in [-0.2, 0) is 0 Å². The number of hydrogen-bond donors (Lipinski definition) is 1. The maximum absolute atomic E-state index is 9.68. The van der Waals surface area contributed by atoms with Gasteiger partial charge in [0.05, 0.1) is 0 Å². The number of carbonyl (C=O) groups is 1. The van der Waals surface area contributed by atoms with E-state index < -0.39 is 6.03 Å². The second-order valence-electron chi connectivity index (χ2n) is 0.691. The molecule has 0 saturated carbocycles. The zero-order chi connectivity index (χ0) is 5.86. The van der Waals surface area contributed by atoms with E-state index in [9.17, 15) is 4.79 Å². The number of carbonyl (C=O) groups excluding carboxylic acids is 1. The lowest BCUT2D eigenvalue weighted by atomic mass is 11.1. The smallest absolute Gasteiger partial charge is 0.340 e. The Balaban J connectivity index is 3.68. The van der Waals surface area contributed by atoms with Crippen molar-refractivity contribution in [3.8, 4) is 0 Å². The van der Waals surface area contributed by atoms with Crippen LogP contribution in [0.25, 0.3) is 0 Å². The third-order valence-electron chi connectivity index (χ3n) is 0.195. The predicted molar refractivity (Wildman–Crippen MR) is 28.7 cm³/mol. The minimum Gasteiger partial charge on any atom is -0.350 e. The maximum atomic E-state index is 9.68. The summed E-state index contributed by atoms with van der Waals surface area (Å²) in [6, 6.07) is -0.889. The SMILES string of the molecule is NC(=O)N=C(Cl)Cl. The van der Waals surface area contributed by atoms with E-state index in [0.717, 1.165) is 0 Å². The molecule has 0 atom stereocenters. The molecule has 5 heteroatoms. The van der Waals surface area contributed by atoms with Crippen LogP contribution in [0.2, 0.25) is 0 Å². The lowest BCUT2D eigenvalue weighted by Crippen LogP contribution is -2.04. The molecule has 40 valence electrons. The molecule has 0 aliphatic rings. The Morgan fingerprint density at radius 1 is 1.57 bits per heavy atom. The molecule has 3 nitrogen and oxygen atoms in total. The van der Waals surface area contributed by atoms with Crippen LogP contribution in [0.5, 0.6) is 0 Å². The second kappa shape index (κ2) is 2.82. The topological polar surface area (TPSA) is 55.5 Å². The van der Waals surface area contributed by atoms with Crippen LogP contribution in [-0.4, -0.2) is 10.7 Å². The first kappa shape index (κ1) is 6.72. The monoisotopic (exact) mass is 140 g/mol. The van der Waals surface area contributed by atoms with Crippen molar-refractivity contribution in [3.63, 3.8) is 0 Å². The van der Waals surface area contributed by atoms with E-state index in [2.05, 4.69) is 10.7 Å². The van der Waals surface area contributed by atoms with Crippen LogP contribution in [0.1, 0.15) is 0 Å². The van der Waals surface area contributed by atoms with Gasteiger partial charge in [-0.15, -0.1) is 0 Å². The van der Waals surface area contributed by atoms with Gasteiger partial charge in [0.25, 0.3) is 0 Å². The highest BCUT2D eigenvalue weighted by Crippen LogP contribution is 1.89. The van der Waals surface area contributed by atoms with Gasteiger partial charge in [0, 0.05) is 0 Å². The van der Waals surface area contributed by atoms with E-state index in [0.29, 0.717) is 0 Å². The van der Waals surface area contributed by atoms with E-state index in [1.54, 1.807) is 0 Å². The minimum absolute atomic E-state index is 0.368. The van der Waals surface area contributed by atoms with Gasteiger partial charge in [-0.2, -0.15) is 4.99 Å². The molecule has 0 aliphatic heterocycles. The summed E-state index contributed by atoms with van der Waals surface area (Å²) in [4.78, 5) is 12.5. The summed E-state index contributed by atoms with van der Waals surface area (Å²) < 4.78 is -0.368. The van der Waals surface area contributed by atoms with Crippen LogP contribution >= 0.6 is 23.2 Å². The van der Waals surface area contributed by atoms with Crippen LogP contribution in [0.4, 0.5) is 4.79 Å². The average molecular weight is 141 g/mol. The molecule has 0 aromatic rings. The number of urea groups is 1. The zero-order valence-corrected chi connectivity index (χ0v) is 4.70. The molecule has 0 bridgehead atoms. The molecule has 2 amide bonds. The normalized spacial score (nSPS) is 7.71. The molecule has 0 saturated heterocycles. The fourth-order valence-corrected chi connectivity index (χ4v) is 0.250. The van der Waals surface area contributed by atoms with Crippen LogP contribution in [0, 0.1) is 0 Å². The fourth-order valence-electron chi connectivity index (χ4n) is 0.0833. The molecule has 0 rings (SSSR count). The molecule has 0 aromatic carbocycles.